The number of nitrogens with zero attached hydrogens (tertiary/aromatic N) is 1. The predicted octanol–water partition coefficient (Wildman–Crippen LogP) is 0.882. The summed E-state index contributed by atoms with van der Waals surface area (Å²) in [6, 6.07) is 2.55. The summed E-state index contributed by atoms with van der Waals surface area (Å²) in [5.74, 6) is 5.69. The van der Waals surface area contributed by atoms with E-state index in [4.69, 9.17) is 5.73 Å². The molecule has 2 rings (SSSR count). The smallest absolute Gasteiger partial charge is 0.252 e. The van der Waals surface area contributed by atoms with E-state index in [2.05, 4.69) is 29.1 Å². The molecule has 1 aliphatic rings. The first-order valence-electron chi connectivity index (χ1n) is 6.46. The Morgan fingerprint density at radius 1 is 1.63 bits per heavy atom. The topological polar surface area (TPSA) is 58.4 Å². The molecule has 3 N–H and O–H groups in total. The molecule has 0 spiro atoms. The third-order valence-corrected chi connectivity index (χ3v) is 3.94. The molecule has 19 heavy (non-hydrogen) atoms. The number of carbonyl (C=O) groups excluding carboxylic acids is 1. The Morgan fingerprint density at radius 2 is 2.42 bits per heavy atom. The van der Waals surface area contributed by atoms with Crippen molar-refractivity contribution in [2.24, 2.45) is 5.73 Å². The highest BCUT2D eigenvalue weighted by Gasteiger charge is 2.25. The number of amides is 1. The molecule has 0 aliphatic heterocycles. The summed E-state index contributed by atoms with van der Waals surface area (Å²) in [7, 11) is 2.11. The van der Waals surface area contributed by atoms with Crippen molar-refractivity contribution < 1.29 is 4.79 Å². The van der Waals surface area contributed by atoms with Crippen LogP contribution in [-0.2, 0) is 0 Å². The molecule has 1 aromatic rings. The molecule has 1 fully saturated rings. The van der Waals surface area contributed by atoms with E-state index in [1.165, 1.54) is 24.2 Å². The van der Waals surface area contributed by atoms with Gasteiger partial charge in [-0.2, -0.15) is 0 Å². The molecule has 1 saturated carbocycles. The van der Waals surface area contributed by atoms with Gasteiger partial charge in [-0.05, 0) is 26.0 Å². The first kappa shape index (κ1) is 14.1. The minimum atomic E-state index is -0.0266. The molecule has 1 heterocycles. The van der Waals surface area contributed by atoms with Crippen LogP contribution in [0.3, 0.4) is 0 Å². The van der Waals surface area contributed by atoms with Crippen molar-refractivity contribution in [1.29, 1.82) is 0 Å². The number of carbonyl (C=O) groups is 1. The van der Waals surface area contributed by atoms with E-state index in [0.717, 1.165) is 17.5 Å². The molecule has 102 valence electrons. The molecule has 0 unspecified atom stereocenters. The van der Waals surface area contributed by atoms with Crippen LogP contribution in [0.2, 0.25) is 0 Å². The standard InChI is InChI=1S/C14H19N3OS/c1-17(12-4-5-12)8-7-16-14(18)11-9-13(19-10-11)3-2-6-15/h9-10,12H,4-8,15H2,1H3,(H,16,18). The summed E-state index contributed by atoms with van der Waals surface area (Å²) in [6.07, 6.45) is 2.58. The molecule has 1 aliphatic carbocycles. The Balaban J connectivity index is 1.77. The van der Waals surface area contributed by atoms with Crippen LogP contribution < -0.4 is 11.1 Å². The van der Waals surface area contributed by atoms with Crippen LogP contribution in [0, 0.1) is 11.8 Å². The average Bonchev–Trinajstić information content (AvgIpc) is 3.15. The van der Waals surface area contributed by atoms with Gasteiger partial charge in [0.25, 0.3) is 5.91 Å². The summed E-state index contributed by atoms with van der Waals surface area (Å²) in [5, 5.41) is 4.77. The van der Waals surface area contributed by atoms with E-state index in [-0.39, 0.29) is 5.91 Å². The van der Waals surface area contributed by atoms with Gasteiger partial charge in [-0.3, -0.25) is 4.79 Å². The zero-order valence-electron chi connectivity index (χ0n) is 11.1. The average molecular weight is 277 g/mol. The van der Waals surface area contributed by atoms with Gasteiger partial charge in [0.15, 0.2) is 0 Å². The third-order valence-electron chi connectivity index (χ3n) is 3.10. The lowest BCUT2D eigenvalue weighted by atomic mass is 10.3. The number of likely N-dealkylation sites (N-methyl/N-ethyl adjacent to an activating group) is 1. The summed E-state index contributed by atoms with van der Waals surface area (Å²) >= 11 is 1.47. The highest BCUT2D eigenvalue weighted by molar-refractivity contribution is 7.10. The van der Waals surface area contributed by atoms with Crippen LogP contribution in [0.15, 0.2) is 11.4 Å². The minimum Gasteiger partial charge on any atom is -0.351 e. The van der Waals surface area contributed by atoms with Crippen LogP contribution in [0.4, 0.5) is 0 Å². The first-order chi connectivity index (χ1) is 9.20. The number of hydrogen-bond donors (Lipinski definition) is 2. The van der Waals surface area contributed by atoms with E-state index in [1.807, 2.05) is 11.4 Å². The maximum atomic E-state index is 11.9. The van der Waals surface area contributed by atoms with E-state index >= 15 is 0 Å². The molecule has 0 radical (unpaired) electrons. The number of nitrogens with two attached hydrogens (primary N) is 1. The monoisotopic (exact) mass is 277 g/mol. The van der Waals surface area contributed by atoms with Crippen molar-refractivity contribution >= 4 is 17.2 Å². The lowest BCUT2D eigenvalue weighted by molar-refractivity contribution is 0.0950. The fourth-order valence-electron chi connectivity index (χ4n) is 1.80. The molecular formula is C14H19N3OS. The van der Waals surface area contributed by atoms with Gasteiger partial charge in [-0.1, -0.05) is 11.8 Å². The van der Waals surface area contributed by atoms with Gasteiger partial charge in [0.1, 0.15) is 0 Å². The van der Waals surface area contributed by atoms with Crippen molar-refractivity contribution in [3.8, 4) is 11.8 Å². The summed E-state index contributed by atoms with van der Waals surface area (Å²) in [6.45, 7) is 1.93. The Bertz CT molecular complexity index is 496. The molecule has 1 aromatic heterocycles. The lowest BCUT2D eigenvalue weighted by Gasteiger charge is -2.15. The van der Waals surface area contributed by atoms with Crippen LogP contribution >= 0.6 is 11.3 Å². The maximum Gasteiger partial charge on any atom is 0.252 e. The van der Waals surface area contributed by atoms with Crippen molar-refractivity contribution in [2.45, 2.75) is 18.9 Å². The quantitative estimate of drug-likeness (QED) is 0.786. The number of hydrogen-bond acceptors (Lipinski definition) is 4. The first-order valence-corrected chi connectivity index (χ1v) is 7.34. The number of rotatable bonds is 5. The molecule has 0 saturated heterocycles. The lowest BCUT2D eigenvalue weighted by Crippen LogP contribution is -2.33. The molecule has 1 amide bonds. The van der Waals surface area contributed by atoms with Gasteiger partial charge in [0, 0.05) is 24.5 Å². The highest BCUT2D eigenvalue weighted by atomic mass is 32.1. The van der Waals surface area contributed by atoms with Crippen LogP contribution in [0.5, 0.6) is 0 Å². The highest BCUT2D eigenvalue weighted by Crippen LogP contribution is 2.24. The van der Waals surface area contributed by atoms with Crippen molar-refractivity contribution in [1.82, 2.24) is 10.2 Å². The van der Waals surface area contributed by atoms with Crippen LogP contribution in [-0.4, -0.2) is 43.5 Å². The second kappa shape index (κ2) is 6.71. The van der Waals surface area contributed by atoms with E-state index in [9.17, 15) is 4.79 Å². The third kappa shape index (κ3) is 4.35. The van der Waals surface area contributed by atoms with Gasteiger partial charge < -0.3 is 16.0 Å². The second-order valence-corrected chi connectivity index (χ2v) is 5.58. The maximum absolute atomic E-state index is 11.9. The Labute approximate surface area is 118 Å². The normalized spacial score (nSPS) is 14.1. The van der Waals surface area contributed by atoms with E-state index in [0.29, 0.717) is 18.7 Å². The van der Waals surface area contributed by atoms with Crippen molar-refractivity contribution in [3.05, 3.63) is 21.9 Å². The molecular weight excluding hydrogens is 258 g/mol. The largest absolute Gasteiger partial charge is 0.351 e. The number of nitrogens with one attached hydrogen (secondary N) is 1. The fourth-order valence-corrected chi connectivity index (χ4v) is 2.56. The molecule has 5 heteroatoms. The van der Waals surface area contributed by atoms with E-state index in [1.54, 1.807) is 0 Å². The van der Waals surface area contributed by atoms with Crippen molar-refractivity contribution in [3.63, 3.8) is 0 Å². The zero-order chi connectivity index (χ0) is 13.7. The SMILES string of the molecule is CN(CCNC(=O)c1csc(C#CCN)c1)C1CC1. The van der Waals surface area contributed by atoms with Gasteiger partial charge in [0.2, 0.25) is 0 Å². The molecule has 4 nitrogen and oxygen atoms in total. The van der Waals surface area contributed by atoms with Gasteiger partial charge in [-0.25, -0.2) is 0 Å². The molecule has 0 aromatic carbocycles. The van der Waals surface area contributed by atoms with Crippen molar-refractivity contribution in [2.75, 3.05) is 26.7 Å². The zero-order valence-corrected chi connectivity index (χ0v) is 11.9. The fraction of sp³-hybridized carbons (Fsp3) is 0.500. The van der Waals surface area contributed by atoms with Gasteiger partial charge in [0.05, 0.1) is 17.0 Å². The minimum absolute atomic E-state index is 0.0266. The predicted molar refractivity (Wildman–Crippen MR) is 78.2 cm³/mol. The van der Waals surface area contributed by atoms with Crippen LogP contribution in [0.25, 0.3) is 0 Å². The Morgan fingerprint density at radius 3 is 3.11 bits per heavy atom. The summed E-state index contributed by atoms with van der Waals surface area (Å²) < 4.78 is 0. The van der Waals surface area contributed by atoms with Gasteiger partial charge in [-0.15, -0.1) is 11.3 Å². The van der Waals surface area contributed by atoms with Gasteiger partial charge >= 0.3 is 0 Å². The number of thiophene rings is 1. The summed E-state index contributed by atoms with van der Waals surface area (Å²) in [5.41, 5.74) is 5.99. The Hall–Kier alpha value is -1.35. The van der Waals surface area contributed by atoms with E-state index < -0.39 is 0 Å². The second-order valence-electron chi connectivity index (χ2n) is 4.67. The molecule has 0 atom stereocenters. The Kier molecular flexibility index (Phi) is 4.97. The summed E-state index contributed by atoms with van der Waals surface area (Å²) in [4.78, 5) is 15.1. The van der Waals surface area contributed by atoms with Crippen LogP contribution in [0.1, 0.15) is 28.1 Å². The molecule has 0 bridgehead atoms.